The predicted molar refractivity (Wildman–Crippen MR) is 161 cm³/mol. The highest BCUT2D eigenvalue weighted by Crippen LogP contribution is 2.31. The van der Waals surface area contributed by atoms with Crippen LogP contribution in [-0.2, 0) is 0 Å². The third-order valence-electron chi connectivity index (χ3n) is 8.09. The summed E-state index contributed by atoms with van der Waals surface area (Å²) in [5.74, 6) is 0.572. The van der Waals surface area contributed by atoms with Gasteiger partial charge in [-0.05, 0) is 42.9 Å². The van der Waals surface area contributed by atoms with Gasteiger partial charge in [-0.15, -0.1) is 0 Å². The Bertz CT molecular complexity index is 1780. The van der Waals surface area contributed by atoms with Crippen LogP contribution in [0.4, 0.5) is 11.5 Å². The molecule has 0 unspecified atom stereocenters. The molecule has 0 bridgehead atoms. The molecule has 2 aliphatic heterocycles. The van der Waals surface area contributed by atoms with Gasteiger partial charge in [0.25, 0.3) is 11.8 Å². The summed E-state index contributed by atoms with van der Waals surface area (Å²) in [5, 5.41) is 11.6. The number of nitrogens with zero attached hydrogens (tertiary/aromatic N) is 7. The Labute approximate surface area is 242 Å². The zero-order valence-corrected chi connectivity index (χ0v) is 23.4. The van der Waals surface area contributed by atoms with Crippen molar-refractivity contribution in [1.29, 1.82) is 0 Å². The van der Waals surface area contributed by atoms with E-state index in [1.807, 2.05) is 41.6 Å². The zero-order chi connectivity index (χ0) is 28.6. The van der Waals surface area contributed by atoms with Crippen molar-refractivity contribution in [1.82, 2.24) is 39.7 Å². The normalized spacial score (nSPS) is 16.3. The summed E-state index contributed by atoms with van der Waals surface area (Å²) in [7, 11) is 2.07. The fourth-order valence-corrected chi connectivity index (χ4v) is 5.63. The van der Waals surface area contributed by atoms with Gasteiger partial charge in [0, 0.05) is 87.5 Å². The second kappa shape index (κ2) is 10.9. The van der Waals surface area contributed by atoms with Crippen LogP contribution in [0.25, 0.3) is 27.7 Å². The lowest BCUT2D eigenvalue weighted by atomic mass is 10.1. The molecule has 12 nitrogen and oxygen atoms in total. The smallest absolute Gasteiger partial charge is 0.257 e. The van der Waals surface area contributed by atoms with Gasteiger partial charge < -0.3 is 30.3 Å². The summed E-state index contributed by atoms with van der Waals surface area (Å²) < 4.78 is 1.73. The molecule has 0 spiro atoms. The first kappa shape index (κ1) is 26.1. The first-order valence-corrected chi connectivity index (χ1v) is 14.2. The summed E-state index contributed by atoms with van der Waals surface area (Å²) >= 11 is 0. The number of pyridine rings is 3. The molecule has 12 heteroatoms. The van der Waals surface area contributed by atoms with Crippen molar-refractivity contribution < 1.29 is 9.59 Å². The molecule has 214 valence electrons. The lowest BCUT2D eigenvalue weighted by molar-refractivity contribution is 0.0666. The molecule has 0 aromatic carbocycles. The topological polar surface area (TPSA) is 127 Å². The number of carbonyl (C=O) groups is 2. The van der Waals surface area contributed by atoms with E-state index in [2.05, 4.69) is 47.5 Å². The largest absolute Gasteiger partial charge is 0.354 e. The minimum atomic E-state index is -0.222. The Balaban J connectivity index is 1.15. The van der Waals surface area contributed by atoms with Gasteiger partial charge >= 0.3 is 0 Å². The molecule has 2 fully saturated rings. The fourth-order valence-electron chi connectivity index (χ4n) is 5.63. The van der Waals surface area contributed by atoms with Crippen LogP contribution in [0.2, 0.25) is 0 Å². The third-order valence-corrected chi connectivity index (χ3v) is 8.09. The number of fused-ring (bicyclic) bond motifs is 2. The quantitative estimate of drug-likeness (QED) is 0.297. The summed E-state index contributed by atoms with van der Waals surface area (Å²) in [6.45, 7) is 6.61. The molecule has 5 aromatic heterocycles. The van der Waals surface area contributed by atoms with Crippen LogP contribution in [0, 0.1) is 0 Å². The van der Waals surface area contributed by atoms with Crippen LogP contribution in [-0.4, -0.2) is 106 Å². The van der Waals surface area contributed by atoms with Crippen LogP contribution < -0.4 is 15.5 Å². The molecule has 0 saturated carbocycles. The Hall–Kier alpha value is -4.81. The summed E-state index contributed by atoms with van der Waals surface area (Å²) in [5.41, 5.74) is 5.00. The standard InChI is InChI=1S/C30H32N10O2/c1-37-10-12-39(13-11-37)30(42)25-19-35-40-7-3-20(14-26(25)40)24-18-34-28-23(24)16-22(17-33-28)36-29(41)21-2-4-32-27(15-21)38-8-5-31-6-9-38/h2-4,7,14-19,31H,5-6,8-13H2,1H3,(H,33,34)(H,36,41). The molecular weight excluding hydrogens is 532 g/mol. The molecule has 5 aromatic rings. The van der Waals surface area contributed by atoms with Crippen molar-refractivity contribution in [2.24, 2.45) is 0 Å². The van der Waals surface area contributed by atoms with E-state index in [4.69, 9.17) is 0 Å². The van der Waals surface area contributed by atoms with Gasteiger partial charge in [0.2, 0.25) is 0 Å². The molecule has 2 aliphatic rings. The maximum Gasteiger partial charge on any atom is 0.257 e. The highest BCUT2D eigenvalue weighted by atomic mass is 16.2. The molecule has 7 rings (SSSR count). The van der Waals surface area contributed by atoms with E-state index in [-0.39, 0.29) is 11.8 Å². The molecule has 42 heavy (non-hydrogen) atoms. The van der Waals surface area contributed by atoms with E-state index in [1.54, 1.807) is 29.2 Å². The molecular formula is C30H32N10O2. The number of piperazine rings is 2. The number of H-pyrrole nitrogens is 1. The average molecular weight is 565 g/mol. The number of hydrogen-bond donors (Lipinski definition) is 3. The van der Waals surface area contributed by atoms with Crippen molar-refractivity contribution >= 4 is 39.9 Å². The molecule has 0 radical (unpaired) electrons. The number of carbonyl (C=O) groups excluding carboxylic acids is 2. The minimum absolute atomic E-state index is 0.00272. The number of aromatic amines is 1. The minimum Gasteiger partial charge on any atom is -0.354 e. The fraction of sp³-hybridized carbons (Fsp3) is 0.300. The van der Waals surface area contributed by atoms with E-state index in [0.29, 0.717) is 35.6 Å². The average Bonchev–Trinajstić information content (AvgIpc) is 3.65. The van der Waals surface area contributed by atoms with Crippen LogP contribution >= 0.6 is 0 Å². The van der Waals surface area contributed by atoms with Gasteiger partial charge in [-0.1, -0.05) is 0 Å². The van der Waals surface area contributed by atoms with E-state index < -0.39 is 0 Å². The van der Waals surface area contributed by atoms with Gasteiger partial charge in [-0.2, -0.15) is 5.10 Å². The van der Waals surface area contributed by atoms with E-state index in [1.165, 1.54) is 0 Å². The Morgan fingerprint density at radius 2 is 1.79 bits per heavy atom. The molecule has 7 heterocycles. The van der Waals surface area contributed by atoms with Crippen molar-refractivity contribution in [3.8, 4) is 11.1 Å². The first-order valence-electron chi connectivity index (χ1n) is 14.2. The highest BCUT2D eigenvalue weighted by molar-refractivity contribution is 6.06. The maximum absolute atomic E-state index is 13.4. The molecule has 0 aliphatic carbocycles. The lowest BCUT2D eigenvalue weighted by Gasteiger charge is -2.32. The van der Waals surface area contributed by atoms with E-state index >= 15 is 0 Å². The van der Waals surface area contributed by atoms with E-state index in [9.17, 15) is 9.59 Å². The van der Waals surface area contributed by atoms with Crippen LogP contribution in [0.3, 0.4) is 0 Å². The Kier molecular flexibility index (Phi) is 6.76. The third kappa shape index (κ3) is 4.95. The maximum atomic E-state index is 13.4. The number of hydrogen-bond acceptors (Lipinski definition) is 8. The van der Waals surface area contributed by atoms with Crippen molar-refractivity contribution in [2.45, 2.75) is 0 Å². The summed E-state index contributed by atoms with van der Waals surface area (Å²) in [6, 6.07) is 9.42. The lowest BCUT2D eigenvalue weighted by Crippen LogP contribution is -2.47. The van der Waals surface area contributed by atoms with Crippen molar-refractivity contribution in [3.05, 3.63) is 72.4 Å². The predicted octanol–water partition coefficient (Wildman–Crippen LogP) is 2.32. The van der Waals surface area contributed by atoms with Crippen molar-refractivity contribution in [2.75, 3.05) is 69.6 Å². The summed E-state index contributed by atoms with van der Waals surface area (Å²) in [6.07, 6.45) is 8.73. The number of aromatic nitrogens is 5. The second-order valence-electron chi connectivity index (χ2n) is 10.8. The Morgan fingerprint density at radius 1 is 0.952 bits per heavy atom. The Morgan fingerprint density at radius 3 is 2.62 bits per heavy atom. The highest BCUT2D eigenvalue weighted by Gasteiger charge is 2.24. The molecule has 3 N–H and O–H groups in total. The number of anilines is 2. The SMILES string of the molecule is CN1CCN(C(=O)c2cnn3ccc(-c4c[nH]c5ncc(NC(=O)c6ccnc(N7CCNCC7)c6)cc45)cc23)CC1. The van der Waals surface area contributed by atoms with Gasteiger partial charge in [0.05, 0.1) is 29.2 Å². The van der Waals surface area contributed by atoms with Gasteiger partial charge in [-0.25, -0.2) is 14.5 Å². The first-order chi connectivity index (χ1) is 20.5. The zero-order valence-electron chi connectivity index (χ0n) is 23.4. The van der Waals surface area contributed by atoms with Gasteiger partial charge in [0.15, 0.2) is 0 Å². The molecule has 0 atom stereocenters. The van der Waals surface area contributed by atoms with Gasteiger partial charge in [0.1, 0.15) is 11.5 Å². The van der Waals surface area contributed by atoms with Crippen LogP contribution in [0.15, 0.2) is 61.3 Å². The molecule has 2 saturated heterocycles. The van der Waals surface area contributed by atoms with Crippen molar-refractivity contribution in [3.63, 3.8) is 0 Å². The second-order valence-corrected chi connectivity index (χ2v) is 10.8. The van der Waals surface area contributed by atoms with E-state index in [0.717, 1.165) is 67.1 Å². The number of nitrogens with one attached hydrogen (secondary N) is 3. The number of rotatable bonds is 5. The van der Waals surface area contributed by atoms with Crippen LogP contribution in [0.5, 0.6) is 0 Å². The monoisotopic (exact) mass is 564 g/mol. The molecule has 2 amide bonds. The van der Waals surface area contributed by atoms with Crippen LogP contribution in [0.1, 0.15) is 20.7 Å². The summed E-state index contributed by atoms with van der Waals surface area (Å²) in [4.78, 5) is 45.1. The number of amides is 2. The number of likely N-dealkylation sites (N-methyl/N-ethyl adjacent to an activating group) is 1. The van der Waals surface area contributed by atoms with Gasteiger partial charge in [-0.3, -0.25) is 9.59 Å².